The van der Waals surface area contributed by atoms with Crippen molar-refractivity contribution >= 4 is 10.2 Å². The quantitative estimate of drug-likeness (QED) is 0.665. The summed E-state index contributed by atoms with van der Waals surface area (Å²) in [5.41, 5.74) is 0. The highest BCUT2D eigenvalue weighted by molar-refractivity contribution is 7.87. The summed E-state index contributed by atoms with van der Waals surface area (Å²) in [6.07, 6.45) is -0.106. The molecule has 0 aromatic rings. The van der Waals surface area contributed by atoms with E-state index in [0.29, 0.717) is 12.5 Å². The van der Waals surface area contributed by atoms with Crippen LogP contribution in [0.15, 0.2) is 0 Å². The first kappa shape index (κ1) is 13.9. The summed E-state index contributed by atoms with van der Waals surface area (Å²) in [7, 11) is -3.61. The van der Waals surface area contributed by atoms with E-state index in [1.807, 2.05) is 0 Å². The fourth-order valence-electron chi connectivity index (χ4n) is 1.80. The molecule has 0 saturated carbocycles. The highest BCUT2D eigenvalue weighted by Gasteiger charge is 2.21. The van der Waals surface area contributed by atoms with Gasteiger partial charge in [0, 0.05) is 26.2 Å². The van der Waals surface area contributed by atoms with Crippen LogP contribution in [-0.2, 0) is 14.9 Å². The SMILES string of the molecule is CC(C)CN1CCO[C@@H](CNS(N)(=O)=O)C1. The lowest BCUT2D eigenvalue weighted by molar-refractivity contribution is -0.0280. The van der Waals surface area contributed by atoms with Crippen LogP contribution < -0.4 is 9.86 Å². The Labute approximate surface area is 97.3 Å². The summed E-state index contributed by atoms with van der Waals surface area (Å²) in [4.78, 5) is 2.28. The molecule has 0 amide bonds. The minimum atomic E-state index is -3.61. The number of hydrogen-bond donors (Lipinski definition) is 2. The molecule has 96 valence electrons. The number of rotatable bonds is 5. The summed E-state index contributed by atoms with van der Waals surface area (Å²) in [6.45, 7) is 7.87. The van der Waals surface area contributed by atoms with Gasteiger partial charge in [0.15, 0.2) is 0 Å². The zero-order valence-electron chi connectivity index (χ0n) is 9.85. The number of nitrogens with two attached hydrogens (primary N) is 1. The Bertz CT molecular complexity index is 305. The minimum absolute atomic E-state index is 0.106. The molecule has 1 saturated heterocycles. The molecule has 0 aromatic carbocycles. The lowest BCUT2D eigenvalue weighted by atomic mass is 10.2. The second-order valence-electron chi connectivity index (χ2n) is 4.54. The maximum Gasteiger partial charge on any atom is 0.274 e. The van der Waals surface area contributed by atoms with E-state index in [2.05, 4.69) is 23.5 Å². The first-order valence-corrected chi connectivity index (χ1v) is 7.03. The predicted octanol–water partition coefficient (Wildman–Crippen LogP) is -0.864. The van der Waals surface area contributed by atoms with E-state index in [-0.39, 0.29) is 12.6 Å². The fourth-order valence-corrected chi connectivity index (χ4v) is 2.21. The van der Waals surface area contributed by atoms with Crippen LogP contribution in [0.1, 0.15) is 13.8 Å². The summed E-state index contributed by atoms with van der Waals surface area (Å²) in [6, 6.07) is 0. The highest BCUT2D eigenvalue weighted by atomic mass is 32.2. The Hall–Kier alpha value is -0.210. The van der Waals surface area contributed by atoms with E-state index in [9.17, 15) is 8.42 Å². The Morgan fingerprint density at radius 1 is 1.56 bits per heavy atom. The third kappa shape index (κ3) is 5.76. The van der Waals surface area contributed by atoms with Gasteiger partial charge >= 0.3 is 0 Å². The molecular formula is C9H21N3O3S. The topological polar surface area (TPSA) is 84.7 Å². The van der Waals surface area contributed by atoms with Crippen molar-refractivity contribution in [2.75, 3.05) is 32.8 Å². The van der Waals surface area contributed by atoms with Gasteiger partial charge in [-0.1, -0.05) is 13.8 Å². The van der Waals surface area contributed by atoms with Crippen molar-refractivity contribution in [1.82, 2.24) is 9.62 Å². The molecule has 0 unspecified atom stereocenters. The average molecular weight is 251 g/mol. The molecule has 0 aromatic heterocycles. The molecule has 1 heterocycles. The van der Waals surface area contributed by atoms with E-state index >= 15 is 0 Å². The normalized spacial score (nSPS) is 23.9. The fraction of sp³-hybridized carbons (Fsp3) is 1.00. The molecule has 1 aliphatic heterocycles. The zero-order chi connectivity index (χ0) is 12.2. The van der Waals surface area contributed by atoms with Gasteiger partial charge in [0.2, 0.25) is 0 Å². The van der Waals surface area contributed by atoms with Crippen molar-refractivity contribution < 1.29 is 13.2 Å². The van der Waals surface area contributed by atoms with Crippen molar-refractivity contribution in [3.05, 3.63) is 0 Å². The number of nitrogens with one attached hydrogen (secondary N) is 1. The van der Waals surface area contributed by atoms with Crippen LogP contribution in [0.5, 0.6) is 0 Å². The van der Waals surface area contributed by atoms with Crippen molar-refractivity contribution in [2.24, 2.45) is 11.1 Å². The zero-order valence-corrected chi connectivity index (χ0v) is 10.7. The molecule has 16 heavy (non-hydrogen) atoms. The monoisotopic (exact) mass is 251 g/mol. The van der Waals surface area contributed by atoms with Crippen LogP contribution in [0.4, 0.5) is 0 Å². The Balaban J connectivity index is 2.33. The molecule has 1 atom stereocenters. The highest BCUT2D eigenvalue weighted by Crippen LogP contribution is 2.07. The number of morpholine rings is 1. The minimum Gasteiger partial charge on any atom is -0.374 e. The van der Waals surface area contributed by atoms with E-state index < -0.39 is 10.2 Å². The molecular weight excluding hydrogens is 230 g/mol. The van der Waals surface area contributed by atoms with Crippen LogP contribution >= 0.6 is 0 Å². The van der Waals surface area contributed by atoms with Crippen molar-refractivity contribution in [2.45, 2.75) is 20.0 Å². The van der Waals surface area contributed by atoms with Crippen molar-refractivity contribution in [3.63, 3.8) is 0 Å². The maximum atomic E-state index is 10.7. The average Bonchev–Trinajstić information content (AvgIpc) is 2.13. The van der Waals surface area contributed by atoms with Crippen LogP contribution in [0.25, 0.3) is 0 Å². The Kier molecular flexibility index (Phi) is 5.13. The number of hydrogen-bond acceptors (Lipinski definition) is 4. The molecule has 0 radical (unpaired) electrons. The predicted molar refractivity (Wildman–Crippen MR) is 62.1 cm³/mol. The largest absolute Gasteiger partial charge is 0.374 e. The molecule has 0 bridgehead atoms. The second-order valence-corrected chi connectivity index (χ2v) is 5.92. The maximum absolute atomic E-state index is 10.7. The van der Waals surface area contributed by atoms with E-state index in [0.717, 1.165) is 19.6 Å². The summed E-state index contributed by atoms with van der Waals surface area (Å²) in [5, 5.41) is 4.86. The van der Waals surface area contributed by atoms with Gasteiger partial charge in [-0.25, -0.2) is 5.14 Å². The Morgan fingerprint density at radius 2 is 2.25 bits per heavy atom. The summed E-state index contributed by atoms with van der Waals surface area (Å²) < 4.78 is 29.2. The third-order valence-electron chi connectivity index (χ3n) is 2.36. The van der Waals surface area contributed by atoms with E-state index in [4.69, 9.17) is 9.88 Å². The van der Waals surface area contributed by atoms with Crippen LogP contribution in [-0.4, -0.2) is 52.2 Å². The summed E-state index contributed by atoms with van der Waals surface area (Å²) >= 11 is 0. The molecule has 7 heteroatoms. The van der Waals surface area contributed by atoms with Crippen molar-refractivity contribution in [3.8, 4) is 0 Å². The smallest absolute Gasteiger partial charge is 0.274 e. The van der Waals surface area contributed by atoms with Gasteiger partial charge in [-0.05, 0) is 5.92 Å². The summed E-state index contributed by atoms with van der Waals surface area (Å²) in [5.74, 6) is 0.602. The van der Waals surface area contributed by atoms with Gasteiger partial charge in [-0.3, -0.25) is 4.90 Å². The molecule has 1 aliphatic rings. The van der Waals surface area contributed by atoms with E-state index in [1.54, 1.807) is 0 Å². The van der Waals surface area contributed by atoms with Crippen LogP contribution in [0.3, 0.4) is 0 Å². The standard InChI is InChI=1S/C9H21N3O3S/c1-8(2)6-12-3-4-15-9(7-12)5-11-16(10,13)14/h8-9,11H,3-7H2,1-2H3,(H2,10,13,14)/t9-/m0/s1. The van der Waals surface area contributed by atoms with Gasteiger partial charge in [0.05, 0.1) is 12.7 Å². The molecule has 6 nitrogen and oxygen atoms in total. The van der Waals surface area contributed by atoms with Crippen LogP contribution in [0, 0.1) is 5.92 Å². The molecule has 1 rings (SSSR count). The third-order valence-corrected chi connectivity index (χ3v) is 2.93. The first-order chi connectivity index (χ1) is 7.37. The Morgan fingerprint density at radius 3 is 2.81 bits per heavy atom. The van der Waals surface area contributed by atoms with Gasteiger partial charge < -0.3 is 4.74 Å². The number of nitrogens with zero attached hydrogens (tertiary/aromatic N) is 1. The van der Waals surface area contributed by atoms with Gasteiger partial charge in [0.25, 0.3) is 10.2 Å². The van der Waals surface area contributed by atoms with Gasteiger partial charge in [-0.2, -0.15) is 13.1 Å². The lowest BCUT2D eigenvalue weighted by Gasteiger charge is -2.33. The second kappa shape index (κ2) is 5.92. The van der Waals surface area contributed by atoms with Crippen LogP contribution in [0.2, 0.25) is 0 Å². The van der Waals surface area contributed by atoms with Gasteiger partial charge in [-0.15, -0.1) is 0 Å². The van der Waals surface area contributed by atoms with E-state index in [1.165, 1.54) is 0 Å². The molecule has 1 fully saturated rings. The molecule has 3 N–H and O–H groups in total. The van der Waals surface area contributed by atoms with Gasteiger partial charge in [0.1, 0.15) is 0 Å². The first-order valence-electron chi connectivity index (χ1n) is 5.48. The van der Waals surface area contributed by atoms with Crippen molar-refractivity contribution in [1.29, 1.82) is 0 Å². The molecule has 0 spiro atoms. The molecule has 0 aliphatic carbocycles. The number of ether oxygens (including phenoxy) is 1. The lowest BCUT2D eigenvalue weighted by Crippen LogP contribution is -2.49.